The molecule has 2 atom stereocenters. The molecule has 0 bridgehead atoms. The maximum Gasteiger partial charge on any atom is 0.0629 e. The van der Waals surface area contributed by atoms with Crippen LogP contribution in [0, 0.1) is 0 Å². The first-order valence-electron chi connectivity index (χ1n) is 6.17. The summed E-state index contributed by atoms with van der Waals surface area (Å²) >= 11 is 0. The van der Waals surface area contributed by atoms with Gasteiger partial charge in [-0.25, -0.2) is 0 Å². The van der Waals surface area contributed by atoms with Gasteiger partial charge in [0, 0.05) is 38.1 Å². The van der Waals surface area contributed by atoms with E-state index < -0.39 is 0 Å². The minimum atomic E-state index is 0.0832. The first-order chi connectivity index (χ1) is 8.22. The summed E-state index contributed by atoms with van der Waals surface area (Å²) in [7, 11) is 2.15. The number of hydrogen-bond donors (Lipinski definition) is 1. The van der Waals surface area contributed by atoms with Crippen molar-refractivity contribution < 1.29 is 5.11 Å². The quantitative estimate of drug-likeness (QED) is 0.839. The van der Waals surface area contributed by atoms with Crippen LogP contribution in [0.4, 0.5) is 0 Å². The van der Waals surface area contributed by atoms with Crippen LogP contribution in [0.3, 0.4) is 0 Å². The molecule has 1 aromatic heterocycles. The van der Waals surface area contributed by atoms with Crippen LogP contribution in [0.1, 0.15) is 18.5 Å². The summed E-state index contributed by atoms with van der Waals surface area (Å²) in [4.78, 5) is 8.84. The fourth-order valence-electron chi connectivity index (χ4n) is 2.36. The maximum absolute atomic E-state index is 9.60. The third-order valence-electron chi connectivity index (χ3n) is 3.67. The molecule has 17 heavy (non-hydrogen) atoms. The van der Waals surface area contributed by atoms with Crippen LogP contribution in [-0.4, -0.2) is 59.2 Å². The Labute approximate surface area is 103 Å². The van der Waals surface area contributed by atoms with Gasteiger partial charge in [-0.15, -0.1) is 0 Å². The summed E-state index contributed by atoms with van der Waals surface area (Å²) in [6.45, 7) is 5.43. The second-order valence-electron chi connectivity index (χ2n) is 4.81. The number of aliphatic hydroxyl groups is 1. The van der Waals surface area contributed by atoms with Crippen LogP contribution in [-0.2, 0) is 0 Å². The molecule has 0 unspecified atom stereocenters. The first-order valence-corrected chi connectivity index (χ1v) is 6.17. The lowest BCUT2D eigenvalue weighted by Crippen LogP contribution is -2.51. The van der Waals surface area contributed by atoms with Gasteiger partial charge in [0.2, 0.25) is 0 Å². The number of hydrogen-bond acceptors (Lipinski definition) is 4. The van der Waals surface area contributed by atoms with E-state index in [0.717, 1.165) is 25.2 Å². The van der Waals surface area contributed by atoms with Crippen LogP contribution in [0.2, 0.25) is 0 Å². The van der Waals surface area contributed by atoms with E-state index in [2.05, 4.69) is 28.8 Å². The van der Waals surface area contributed by atoms with Crippen molar-refractivity contribution in [1.29, 1.82) is 0 Å². The molecule has 2 heterocycles. The highest BCUT2D eigenvalue weighted by atomic mass is 16.3. The van der Waals surface area contributed by atoms with E-state index >= 15 is 0 Å². The monoisotopic (exact) mass is 235 g/mol. The fraction of sp³-hybridized carbons (Fsp3) is 0.615. The SMILES string of the molecule is C[C@@H]1CN([C@@H](CO)c2cccnc2)CCN1C. The van der Waals surface area contributed by atoms with Crippen molar-refractivity contribution in [3.05, 3.63) is 30.1 Å². The van der Waals surface area contributed by atoms with Gasteiger partial charge in [-0.3, -0.25) is 9.88 Å². The molecule has 0 aromatic carbocycles. The van der Waals surface area contributed by atoms with Gasteiger partial charge in [-0.1, -0.05) is 6.07 Å². The number of piperazine rings is 1. The molecule has 1 saturated heterocycles. The summed E-state index contributed by atoms with van der Waals surface area (Å²) in [5.41, 5.74) is 1.10. The Bertz CT molecular complexity index is 344. The lowest BCUT2D eigenvalue weighted by Gasteiger charge is -2.41. The van der Waals surface area contributed by atoms with Crippen molar-refractivity contribution in [2.75, 3.05) is 33.3 Å². The van der Waals surface area contributed by atoms with Gasteiger partial charge >= 0.3 is 0 Å². The number of nitrogens with zero attached hydrogens (tertiary/aromatic N) is 3. The van der Waals surface area contributed by atoms with Crippen molar-refractivity contribution in [1.82, 2.24) is 14.8 Å². The van der Waals surface area contributed by atoms with Crippen molar-refractivity contribution in [2.45, 2.75) is 19.0 Å². The van der Waals surface area contributed by atoms with Crippen molar-refractivity contribution in [3.63, 3.8) is 0 Å². The normalized spacial score (nSPS) is 24.8. The molecule has 2 rings (SSSR count). The average Bonchev–Trinajstić information content (AvgIpc) is 2.36. The molecule has 0 saturated carbocycles. The molecule has 0 spiro atoms. The summed E-state index contributed by atoms with van der Waals surface area (Å²) in [6, 6.07) is 4.59. The second kappa shape index (κ2) is 5.58. The number of rotatable bonds is 3. The van der Waals surface area contributed by atoms with Gasteiger partial charge in [0.05, 0.1) is 12.6 Å². The second-order valence-corrected chi connectivity index (χ2v) is 4.81. The zero-order valence-electron chi connectivity index (χ0n) is 10.6. The molecule has 4 heteroatoms. The minimum absolute atomic E-state index is 0.0832. The van der Waals surface area contributed by atoms with E-state index in [0.29, 0.717) is 6.04 Å². The summed E-state index contributed by atoms with van der Waals surface area (Å²) in [5, 5.41) is 9.60. The lowest BCUT2D eigenvalue weighted by molar-refractivity contribution is 0.0462. The summed E-state index contributed by atoms with van der Waals surface area (Å²) in [6.07, 6.45) is 3.62. The van der Waals surface area contributed by atoms with Gasteiger partial charge in [0.15, 0.2) is 0 Å². The Hall–Kier alpha value is -0.970. The standard InChI is InChI=1S/C13H21N3O/c1-11-9-16(7-6-15(11)2)13(10-17)12-4-3-5-14-8-12/h3-5,8,11,13,17H,6-7,9-10H2,1-2H3/t11-,13+/m1/s1. The van der Waals surface area contributed by atoms with Crippen molar-refractivity contribution in [2.24, 2.45) is 0 Å². The highest BCUT2D eigenvalue weighted by Crippen LogP contribution is 2.22. The molecule has 4 nitrogen and oxygen atoms in total. The Balaban J connectivity index is 2.09. The smallest absolute Gasteiger partial charge is 0.0629 e. The first kappa shape index (κ1) is 12.5. The third-order valence-corrected chi connectivity index (χ3v) is 3.67. The number of aromatic nitrogens is 1. The predicted octanol–water partition coefficient (Wildman–Crippen LogP) is 0.751. The summed E-state index contributed by atoms with van der Waals surface area (Å²) < 4.78 is 0. The minimum Gasteiger partial charge on any atom is -0.394 e. The van der Waals surface area contributed by atoms with Crippen LogP contribution < -0.4 is 0 Å². The zero-order chi connectivity index (χ0) is 12.3. The molecule has 1 fully saturated rings. The topological polar surface area (TPSA) is 39.6 Å². The van der Waals surface area contributed by atoms with Gasteiger partial charge in [0.25, 0.3) is 0 Å². The van der Waals surface area contributed by atoms with Gasteiger partial charge in [-0.2, -0.15) is 0 Å². The molecule has 1 aromatic rings. The van der Waals surface area contributed by atoms with E-state index in [4.69, 9.17) is 0 Å². The van der Waals surface area contributed by atoms with E-state index in [1.165, 1.54) is 0 Å². The number of aliphatic hydroxyl groups excluding tert-OH is 1. The third kappa shape index (κ3) is 2.83. The van der Waals surface area contributed by atoms with Gasteiger partial charge in [0.1, 0.15) is 0 Å². The average molecular weight is 235 g/mol. The largest absolute Gasteiger partial charge is 0.394 e. The Morgan fingerprint density at radius 3 is 2.94 bits per heavy atom. The molecule has 1 aliphatic rings. The van der Waals surface area contributed by atoms with Crippen LogP contribution >= 0.6 is 0 Å². The Morgan fingerprint density at radius 2 is 2.35 bits per heavy atom. The van der Waals surface area contributed by atoms with Crippen LogP contribution in [0.5, 0.6) is 0 Å². The lowest BCUT2D eigenvalue weighted by atomic mass is 10.1. The molecule has 0 aliphatic carbocycles. The van der Waals surface area contributed by atoms with Crippen LogP contribution in [0.15, 0.2) is 24.5 Å². The van der Waals surface area contributed by atoms with E-state index in [1.54, 1.807) is 6.20 Å². The fourth-order valence-corrected chi connectivity index (χ4v) is 2.36. The number of pyridine rings is 1. The molecule has 0 amide bonds. The van der Waals surface area contributed by atoms with E-state index in [-0.39, 0.29) is 12.6 Å². The predicted molar refractivity (Wildman–Crippen MR) is 67.7 cm³/mol. The van der Waals surface area contributed by atoms with Gasteiger partial charge in [-0.05, 0) is 25.6 Å². The Kier molecular flexibility index (Phi) is 4.10. The highest BCUT2D eigenvalue weighted by molar-refractivity contribution is 5.14. The highest BCUT2D eigenvalue weighted by Gasteiger charge is 2.27. The molecular weight excluding hydrogens is 214 g/mol. The summed E-state index contributed by atoms with van der Waals surface area (Å²) in [5.74, 6) is 0. The molecular formula is C13H21N3O. The molecule has 1 N–H and O–H groups in total. The van der Waals surface area contributed by atoms with E-state index in [1.807, 2.05) is 18.3 Å². The molecule has 94 valence electrons. The zero-order valence-corrected chi connectivity index (χ0v) is 10.6. The van der Waals surface area contributed by atoms with Gasteiger partial charge < -0.3 is 10.0 Å². The maximum atomic E-state index is 9.60. The van der Waals surface area contributed by atoms with Crippen molar-refractivity contribution >= 4 is 0 Å². The Morgan fingerprint density at radius 1 is 1.53 bits per heavy atom. The van der Waals surface area contributed by atoms with Crippen molar-refractivity contribution in [3.8, 4) is 0 Å². The van der Waals surface area contributed by atoms with E-state index in [9.17, 15) is 5.11 Å². The molecule has 0 radical (unpaired) electrons. The van der Waals surface area contributed by atoms with Crippen LogP contribution in [0.25, 0.3) is 0 Å². The molecule has 1 aliphatic heterocycles. The number of likely N-dealkylation sites (N-methyl/N-ethyl adjacent to an activating group) is 1.